The molecule has 6 heteroatoms. The van der Waals surface area contributed by atoms with E-state index in [-0.39, 0.29) is 18.1 Å². The first-order chi connectivity index (χ1) is 12.6. The van der Waals surface area contributed by atoms with Crippen LogP contribution in [0.15, 0.2) is 24.3 Å². The highest BCUT2D eigenvalue weighted by Gasteiger charge is 2.32. The molecule has 0 bridgehead atoms. The first kappa shape index (κ1) is 17.9. The van der Waals surface area contributed by atoms with Crippen molar-refractivity contribution < 1.29 is 14.4 Å². The molecule has 0 radical (unpaired) electrons. The standard InChI is InChI=1S/C20H27N3O2S/c1-14-10-23(11-15(2)25-14)19(24)13-22-9-5-6-16(12-22)20-21-17-7-3-4-8-18(17)26-20/h3-4,7-8,14-16H,5-6,9-13H2,1-2H3/p+1/t14-,15+,16-/m0/s1. The zero-order chi connectivity index (χ0) is 18.1. The number of para-hydroxylation sites is 1. The zero-order valence-corrected chi connectivity index (χ0v) is 16.4. The van der Waals surface area contributed by atoms with Gasteiger partial charge in [0.2, 0.25) is 0 Å². The van der Waals surface area contributed by atoms with Crippen LogP contribution in [0.1, 0.15) is 37.6 Å². The van der Waals surface area contributed by atoms with Gasteiger partial charge in [0.05, 0.1) is 41.4 Å². The number of carbonyl (C=O) groups is 1. The third-order valence-corrected chi connectivity index (χ3v) is 6.65. The molecule has 2 aromatic rings. The zero-order valence-electron chi connectivity index (χ0n) is 15.6. The number of piperidine rings is 1. The van der Waals surface area contributed by atoms with Crippen molar-refractivity contribution in [2.45, 2.75) is 44.8 Å². The lowest BCUT2D eigenvalue weighted by Gasteiger charge is -2.36. The Labute approximate surface area is 159 Å². The molecule has 2 aliphatic rings. The van der Waals surface area contributed by atoms with Gasteiger partial charge in [-0.15, -0.1) is 11.3 Å². The largest absolute Gasteiger partial charge is 0.372 e. The molecule has 0 spiro atoms. The number of aromatic nitrogens is 1. The van der Waals surface area contributed by atoms with Crippen molar-refractivity contribution in [3.05, 3.63) is 29.3 Å². The van der Waals surface area contributed by atoms with Crippen molar-refractivity contribution in [2.24, 2.45) is 0 Å². The average Bonchev–Trinajstić information content (AvgIpc) is 3.05. The maximum atomic E-state index is 12.8. The highest BCUT2D eigenvalue weighted by atomic mass is 32.1. The van der Waals surface area contributed by atoms with E-state index in [4.69, 9.17) is 9.72 Å². The summed E-state index contributed by atoms with van der Waals surface area (Å²) in [6.45, 7) is 8.24. The van der Waals surface area contributed by atoms with Crippen LogP contribution in [-0.4, -0.2) is 60.7 Å². The minimum Gasteiger partial charge on any atom is -0.372 e. The topological polar surface area (TPSA) is 46.9 Å². The molecular weight excluding hydrogens is 346 g/mol. The number of rotatable bonds is 3. The molecule has 1 N–H and O–H groups in total. The van der Waals surface area contributed by atoms with Crippen molar-refractivity contribution in [2.75, 3.05) is 32.7 Å². The maximum absolute atomic E-state index is 12.8. The molecule has 1 aromatic carbocycles. The Morgan fingerprint density at radius 3 is 2.85 bits per heavy atom. The number of benzene rings is 1. The van der Waals surface area contributed by atoms with Gasteiger partial charge in [-0.25, -0.2) is 4.98 Å². The van der Waals surface area contributed by atoms with Crippen molar-refractivity contribution >= 4 is 27.5 Å². The van der Waals surface area contributed by atoms with Crippen molar-refractivity contribution in [3.8, 4) is 0 Å². The third kappa shape index (κ3) is 3.92. The number of nitrogens with one attached hydrogen (secondary N) is 1. The van der Waals surface area contributed by atoms with Crippen LogP contribution in [0.3, 0.4) is 0 Å². The summed E-state index contributed by atoms with van der Waals surface area (Å²) in [4.78, 5) is 21.0. The number of amides is 1. The predicted octanol–water partition coefficient (Wildman–Crippen LogP) is 1.69. The van der Waals surface area contributed by atoms with Gasteiger partial charge in [-0.1, -0.05) is 12.1 Å². The molecule has 26 heavy (non-hydrogen) atoms. The van der Waals surface area contributed by atoms with Gasteiger partial charge in [0.1, 0.15) is 5.01 Å². The summed E-state index contributed by atoms with van der Waals surface area (Å²) < 4.78 is 7.02. The number of hydrogen-bond donors (Lipinski definition) is 1. The van der Waals surface area contributed by atoms with Crippen LogP contribution in [0, 0.1) is 0 Å². The Morgan fingerprint density at radius 1 is 1.31 bits per heavy atom. The lowest BCUT2D eigenvalue weighted by Crippen LogP contribution is -3.14. The third-order valence-electron chi connectivity index (χ3n) is 5.45. The van der Waals surface area contributed by atoms with Gasteiger partial charge in [-0.3, -0.25) is 4.79 Å². The molecule has 1 aromatic heterocycles. The molecule has 2 saturated heterocycles. The van der Waals surface area contributed by atoms with E-state index in [1.807, 2.05) is 36.2 Å². The number of carbonyl (C=O) groups excluding carboxylic acids is 1. The van der Waals surface area contributed by atoms with Crippen LogP contribution in [0.2, 0.25) is 0 Å². The van der Waals surface area contributed by atoms with Crippen LogP contribution in [0.25, 0.3) is 10.2 Å². The second-order valence-electron chi connectivity index (χ2n) is 7.80. The molecule has 4 rings (SSSR count). The van der Waals surface area contributed by atoms with Crippen molar-refractivity contribution in [1.82, 2.24) is 9.88 Å². The maximum Gasteiger partial charge on any atom is 0.277 e. The number of nitrogens with zero attached hydrogens (tertiary/aromatic N) is 2. The Hall–Kier alpha value is -1.50. The van der Waals surface area contributed by atoms with Gasteiger partial charge in [0.25, 0.3) is 5.91 Å². The normalized spacial score (nSPS) is 29.8. The molecule has 0 aliphatic carbocycles. The summed E-state index contributed by atoms with van der Waals surface area (Å²) in [6.07, 6.45) is 2.62. The molecule has 5 nitrogen and oxygen atoms in total. The SMILES string of the molecule is C[C@@H]1CN(C(=O)C[NH+]2CCC[C@H](c3nc4ccccc4s3)C2)C[C@H](C)O1. The Balaban J connectivity index is 1.39. The van der Waals surface area contributed by atoms with E-state index in [1.54, 1.807) is 0 Å². The molecule has 4 atom stereocenters. The highest BCUT2D eigenvalue weighted by molar-refractivity contribution is 7.18. The second kappa shape index (κ2) is 7.62. The lowest BCUT2D eigenvalue weighted by molar-refractivity contribution is -0.898. The van der Waals surface area contributed by atoms with Crippen LogP contribution in [0.4, 0.5) is 0 Å². The average molecular weight is 375 g/mol. The molecule has 1 amide bonds. The van der Waals surface area contributed by atoms with Gasteiger partial charge in [0.15, 0.2) is 6.54 Å². The van der Waals surface area contributed by atoms with Gasteiger partial charge in [-0.2, -0.15) is 0 Å². The van der Waals surface area contributed by atoms with Crippen LogP contribution < -0.4 is 4.90 Å². The van der Waals surface area contributed by atoms with E-state index in [1.165, 1.54) is 27.4 Å². The summed E-state index contributed by atoms with van der Waals surface area (Å²) in [5, 5.41) is 1.24. The number of thiazole rings is 1. The fraction of sp³-hybridized carbons (Fsp3) is 0.600. The predicted molar refractivity (Wildman–Crippen MR) is 104 cm³/mol. The molecule has 2 fully saturated rings. The smallest absolute Gasteiger partial charge is 0.277 e. The van der Waals surface area contributed by atoms with Gasteiger partial charge >= 0.3 is 0 Å². The summed E-state index contributed by atoms with van der Waals surface area (Å²) in [7, 11) is 0. The molecule has 140 valence electrons. The first-order valence-corrected chi connectivity index (χ1v) is 10.5. The van der Waals surface area contributed by atoms with E-state index in [9.17, 15) is 4.79 Å². The monoisotopic (exact) mass is 374 g/mol. The minimum atomic E-state index is 0.134. The van der Waals surface area contributed by atoms with Crippen molar-refractivity contribution in [1.29, 1.82) is 0 Å². The lowest BCUT2D eigenvalue weighted by atomic mass is 9.98. The number of fused-ring (bicyclic) bond motifs is 1. The number of likely N-dealkylation sites (tertiary alicyclic amines) is 1. The summed E-state index contributed by atoms with van der Waals surface area (Å²) in [5.41, 5.74) is 1.10. The van der Waals surface area contributed by atoms with Gasteiger partial charge < -0.3 is 14.5 Å². The van der Waals surface area contributed by atoms with Crippen LogP contribution >= 0.6 is 11.3 Å². The van der Waals surface area contributed by atoms with E-state index in [2.05, 4.69) is 18.2 Å². The second-order valence-corrected chi connectivity index (χ2v) is 8.86. The fourth-order valence-electron chi connectivity index (χ4n) is 4.29. The Morgan fingerprint density at radius 2 is 2.08 bits per heavy atom. The molecule has 1 unspecified atom stereocenters. The van der Waals surface area contributed by atoms with E-state index in [0.717, 1.165) is 31.7 Å². The Kier molecular flexibility index (Phi) is 5.25. The highest BCUT2D eigenvalue weighted by Crippen LogP contribution is 2.30. The molecule has 2 aliphatic heterocycles. The van der Waals surface area contributed by atoms with Crippen LogP contribution in [0.5, 0.6) is 0 Å². The number of hydrogen-bond acceptors (Lipinski definition) is 4. The minimum absolute atomic E-state index is 0.134. The Bertz CT molecular complexity index is 734. The van der Waals surface area contributed by atoms with E-state index in [0.29, 0.717) is 12.5 Å². The first-order valence-electron chi connectivity index (χ1n) is 9.70. The van der Waals surface area contributed by atoms with Crippen molar-refractivity contribution in [3.63, 3.8) is 0 Å². The van der Waals surface area contributed by atoms with E-state index < -0.39 is 0 Å². The quantitative estimate of drug-likeness (QED) is 0.889. The summed E-state index contributed by atoms with van der Waals surface area (Å²) in [6, 6.07) is 8.36. The van der Waals surface area contributed by atoms with Crippen LogP contribution in [-0.2, 0) is 9.53 Å². The summed E-state index contributed by atoms with van der Waals surface area (Å²) >= 11 is 1.82. The number of morpholine rings is 1. The number of ether oxygens (including phenoxy) is 1. The fourth-order valence-corrected chi connectivity index (χ4v) is 5.40. The van der Waals surface area contributed by atoms with Gasteiger partial charge in [0, 0.05) is 13.1 Å². The molecular formula is C20H28N3O2S+. The summed E-state index contributed by atoms with van der Waals surface area (Å²) in [5.74, 6) is 0.749. The van der Waals surface area contributed by atoms with E-state index >= 15 is 0 Å². The van der Waals surface area contributed by atoms with Gasteiger partial charge in [-0.05, 0) is 38.8 Å². The molecule has 0 saturated carbocycles. The molecule has 3 heterocycles. The number of quaternary nitrogens is 1.